The van der Waals surface area contributed by atoms with E-state index >= 15 is 0 Å². The predicted octanol–water partition coefficient (Wildman–Crippen LogP) is 5.33. The third-order valence-electron chi connectivity index (χ3n) is 7.60. The summed E-state index contributed by atoms with van der Waals surface area (Å²) in [4.78, 5) is 14.6. The summed E-state index contributed by atoms with van der Waals surface area (Å²) in [5, 5.41) is 0. The molecule has 5 rings (SSSR count). The molecule has 2 aromatic carbocycles. The maximum Gasteiger partial charge on any atom is 0.306 e. The number of para-hydroxylation sites is 1. The van der Waals surface area contributed by atoms with E-state index in [2.05, 4.69) is 0 Å². The van der Waals surface area contributed by atoms with Crippen LogP contribution in [0.4, 0.5) is 0 Å². The van der Waals surface area contributed by atoms with Crippen molar-refractivity contribution < 1.29 is 32.2 Å². The Bertz CT molecular complexity index is 1480. The van der Waals surface area contributed by atoms with Crippen LogP contribution < -0.4 is 4.74 Å². The van der Waals surface area contributed by atoms with Gasteiger partial charge in [-0.15, -0.1) is 11.3 Å². The Morgan fingerprint density at radius 1 is 1.15 bits per heavy atom. The van der Waals surface area contributed by atoms with Gasteiger partial charge < -0.3 is 18.9 Å². The molecule has 1 fully saturated rings. The Morgan fingerprint density at radius 3 is 2.62 bits per heavy atom. The summed E-state index contributed by atoms with van der Waals surface area (Å²) in [7, 11) is -2.41. The van der Waals surface area contributed by atoms with Crippen molar-refractivity contribution in [3.8, 4) is 5.75 Å². The summed E-state index contributed by atoms with van der Waals surface area (Å²) in [5.41, 5.74) is 2.75. The van der Waals surface area contributed by atoms with Gasteiger partial charge in [-0.2, -0.15) is 4.31 Å². The van der Waals surface area contributed by atoms with Gasteiger partial charge in [0.2, 0.25) is 15.8 Å². The standard InChI is InChI=1S/C30H35NO7S2/c1-5-23-19-31(40(33,34)27-9-7-6-8-25(27)38-23)18-22-16-21(11-10-20(22)2)24(17-29(32)35-4)26-12-13-28(39-26)30(3)36-14-15-37-30/h6-13,16,23-24H,5,14-15,17-19H2,1-4H3/t23-,24?/m1/s1. The first-order valence-electron chi connectivity index (χ1n) is 13.4. The highest BCUT2D eigenvalue weighted by Crippen LogP contribution is 2.41. The molecule has 3 heterocycles. The zero-order valence-corrected chi connectivity index (χ0v) is 24.8. The number of carbonyl (C=O) groups is 1. The Kier molecular flexibility index (Phi) is 8.35. The molecule has 0 radical (unpaired) electrons. The molecule has 0 aliphatic carbocycles. The number of carbonyl (C=O) groups excluding carboxylic acids is 1. The van der Waals surface area contributed by atoms with E-state index in [-0.39, 0.29) is 42.4 Å². The monoisotopic (exact) mass is 585 g/mol. The van der Waals surface area contributed by atoms with Crippen molar-refractivity contribution >= 4 is 27.3 Å². The first-order chi connectivity index (χ1) is 19.1. The Morgan fingerprint density at radius 2 is 1.90 bits per heavy atom. The summed E-state index contributed by atoms with van der Waals surface area (Å²) in [6.45, 7) is 7.37. The molecular weight excluding hydrogens is 550 g/mol. The van der Waals surface area contributed by atoms with Crippen molar-refractivity contribution in [1.29, 1.82) is 0 Å². The second-order valence-corrected chi connectivity index (χ2v) is 13.3. The zero-order valence-electron chi connectivity index (χ0n) is 23.2. The fourth-order valence-electron chi connectivity index (χ4n) is 5.15. The molecule has 1 saturated heterocycles. The second-order valence-electron chi connectivity index (χ2n) is 10.3. The first kappa shape index (κ1) is 28.8. The van der Waals surface area contributed by atoms with Crippen LogP contribution >= 0.6 is 11.3 Å². The van der Waals surface area contributed by atoms with E-state index in [0.717, 1.165) is 26.4 Å². The minimum atomic E-state index is -3.79. The Hall–Kier alpha value is -2.76. The molecule has 0 bridgehead atoms. The molecule has 8 nitrogen and oxygen atoms in total. The van der Waals surface area contributed by atoms with Gasteiger partial charge in [-0.1, -0.05) is 37.3 Å². The highest BCUT2D eigenvalue weighted by Gasteiger charge is 2.36. The normalized spacial score (nSPS) is 20.8. The fraction of sp³-hybridized carbons (Fsp3) is 0.433. The topological polar surface area (TPSA) is 91.4 Å². The highest BCUT2D eigenvalue weighted by atomic mass is 32.2. The number of rotatable bonds is 8. The van der Waals surface area contributed by atoms with Crippen LogP contribution in [-0.4, -0.2) is 51.7 Å². The average molecular weight is 586 g/mol. The van der Waals surface area contributed by atoms with Crippen molar-refractivity contribution in [2.75, 3.05) is 26.9 Å². The summed E-state index contributed by atoms with van der Waals surface area (Å²) in [6.07, 6.45) is 0.562. The maximum absolute atomic E-state index is 13.7. The number of thiophene rings is 1. The van der Waals surface area contributed by atoms with Crippen molar-refractivity contribution in [1.82, 2.24) is 4.31 Å². The third-order valence-corrected chi connectivity index (χ3v) is 10.8. The number of nitrogens with zero attached hydrogens (tertiary/aromatic N) is 1. The van der Waals surface area contributed by atoms with Crippen LogP contribution in [-0.2, 0) is 41.4 Å². The number of hydrogen-bond donors (Lipinski definition) is 0. The van der Waals surface area contributed by atoms with Crippen LogP contribution in [0.1, 0.15) is 59.1 Å². The number of fused-ring (bicyclic) bond motifs is 1. The number of methoxy groups -OCH3 is 1. The van der Waals surface area contributed by atoms with Gasteiger partial charge in [0.15, 0.2) is 0 Å². The van der Waals surface area contributed by atoms with Gasteiger partial charge in [0.1, 0.15) is 16.7 Å². The van der Waals surface area contributed by atoms with E-state index in [1.165, 1.54) is 11.4 Å². The Balaban J connectivity index is 1.50. The average Bonchev–Trinajstić information content (AvgIpc) is 3.60. The van der Waals surface area contributed by atoms with Crippen molar-refractivity contribution in [2.45, 2.75) is 62.9 Å². The summed E-state index contributed by atoms with van der Waals surface area (Å²) < 4.78 is 51.8. The zero-order chi connectivity index (χ0) is 28.5. The third kappa shape index (κ3) is 5.69. The molecule has 0 spiro atoms. The molecule has 0 N–H and O–H groups in total. The van der Waals surface area contributed by atoms with Crippen LogP contribution in [0.5, 0.6) is 5.75 Å². The van der Waals surface area contributed by atoms with E-state index in [1.54, 1.807) is 35.6 Å². The van der Waals surface area contributed by atoms with Crippen LogP contribution in [0, 0.1) is 6.92 Å². The lowest BCUT2D eigenvalue weighted by Gasteiger charge is -2.24. The maximum atomic E-state index is 13.7. The quantitative estimate of drug-likeness (QED) is 0.330. The molecular formula is C30H35NO7S2. The van der Waals surface area contributed by atoms with Crippen molar-refractivity contribution in [2.24, 2.45) is 0 Å². The molecule has 1 aromatic heterocycles. The van der Waals surface area contributed by atoms with Crippen molar-refractivity contribution in [3.05, 3.63) is 81.0 Å². The lowest BCUT2D eigenvalue weighted by Crippen LogP contribution is -2.36. The van der Waals surface area contributed by atoms with Gasteiger partial charge >= 0.3 is 5.97 Å². The van der Waals surface area contributed by atoms with Gasteiger partial charge in [-0.25, -0.2) is 8.42 Å². The second kappa shape index (κ2) is 11.6. The van der Waals surface area contributed by atoms with E-state index in [9.17, 15) is 13.2 Å². The summed E-state index contributed by atoms with van der Waals surface area (Å²) in [5.74, 6) is -1.01. The number of sulfonamides is 1. The molecule has 0 amide bonds. The molecule has 1 unspecified atom stereocenters. The smallest absolute Gasteiger partial charge is 0.306 e. The molecule has 0 saturated carbocycles. The van der Waals surface area contributed by atoms with Crippen LogP contribution in [0.25, 0.3) is 0 Å². The molecule has 2 aliphatic heterocycles. The number of ether oxygens (including phenoxy) is 4. The first-order valence-corrected chi connectivity index (χ1v) is 15.7. The molecule has 214 valence electrons. The Labute approximate surface area is 239 Å². The SMILES string of the molecule is CC[C@@H]1CN(Cc2cc(C(CC(=O)OC)c3ccc(C4(C)OCCO4)s3)ccc2C)S(=O)(=O)c2ccccc2O1. The van der Waals surface area contributed by atoms with Gasteiger partial charge in [0.05, 0.1) is 38.2 Å². The van der Waals surface area contributed by atoms with E-state index < -0.39 is 15.8 Å². The van der Waals surface area contributed by atoms with Gasteiger partial charge in [-0.3, -0.25) is 4.79 Å². The lowest BCUT2D eigenvalue weighted by molar-refractivity contribution is -0.147. The predicted molar refractivity (Wildman–Crippen MR) is 152 cm³/mol. The van der Waals surface area contributed by atoms with Gasteiger partial charge in [0, 0.05) is 17.3 Å². The van der Waals surface area contributed by atoms with Gasteiger partial charge in [-0.05, 0) is 61.2 Å². The van der Waals surface area contributed by atoms with E-state index in [0.29, 0.717) is 25.4 Å². The molecule has 2 atom stereocenters. The minimum Gasteiger partial charge on any atom is -0.488 e. The van der Waals surface area contributed by atoms with E-state index in [1.807, 2.05) is 51.1 Å². The number of aryl methyl sites for hydroxylation is 1. The van der Waals surface area contributed by atoms with Gasteiger partial charge in [0.25, 0.3) is 0 Å². The van der Waals surface area contributed by atoms with E-state index in [4.69, 9.17) is 18.9 Å². The number of esters is 1. The molecule has 3 aromatic rings. The highest BCUT2D eigenvalue weighted by molar-refractivity contribution is 7.89. The van der Waals surface area contributed by atoms with Crippen LogP contribution in [0.2, 0.25) is 0 Å². The fourth-order valence-corrected chi connectivity index (χ4v) is 7.91. The number of hydrogen-bond acceptors (Lipinski definition) is 8. The molecule has 40 heavy (non-hydrogen) atoms. The molecule has 10 heteroatoms. The van der Waals surface area contributed by atoms with Crippen LogP contribution in [0.3, 0.4) is 0 Å². The largest absolute Gasteiger partial charge is 0.488 e. The summed E-state index contributed by atoms with van der Waals surface area (Å²) >= 11 is 1.55. The van der Waals surface area contributed by atoms with Crippen molar-refractivity contribution in [3.63, 3.8) is 0 Å². The summed E-state index contributed by atoms with van der Waals surface area (Å²) in [6, 6.07) is 16.8. The lowest BCUT2D eigenvalue weighted by atomic mass is 9.91. The molecule has 2 aliphatic rings. The number of benzene rings is 2. The van der Waals surface area contributed by atoms with Crippen LogP contribution in [0.15, 0.2) is 59.5 Å². The minimum absolute atomic E-state index is 0.151.